The normalized spacial score (nSPS) is 12.0. The summed E-state index contributed by atoms with van der Waals surface area (Å²) < 4.78 is 16.4. The van der Waals surface area contributed by atoms with Crippen molar-refractivity contribution in [3.05, 3.63) is 59.9 Å². The summed E-state index contributed by atoms with van der Waals surface area (Å²) in [7, 11) is 4.87. The maximum atomic E-state index is 12.8. The number of amides is 1. The van der Waals surface area contributed by atoms with Crippen molar-refractivity contribution in [1.82, 2.24) is 4.90 Å². The summed E-state index contributed by atoms with van der Waals surface area (Å²) in [5.74, 6) is 1.75. The zero-order valence-corrected chi connectivity index (χ0v) is 14.8. The minimum atomic E-state index is -0.201. The van der Waals surface area contributed by atoms with E-state index in [1.54, 1.807) is 44.4 Å². The fourth-order valence-corrected chi connectivity index (χ4v) is 2.75. The smallest absolute Gasteiger partial charge is 0.254 e. The van der Waals surface area contributed by atoms with Crippen LogP contribution in [0.2, 0.25) is 0 Å². The van der Waals surface area contributed by atoms with Crippen molar-refractivity contribution >= 4 is 16.9 Å². The number of fused-ring (bicyclic) bond motifs is 1. The van der Waals surface area contributed by atoms with Crippen LogP contribution < -0.4 is 9.47 Å². The van der Waals surface area contributed by atoms with E-state index < -0.39 is 0 Å². The first kappa shape index (κ1) is 16.9. The standard InChI is InChI=1S/C20H21NO4/c1-13(18-11-14-7-5-6-8-16(14)25-18)21(2)20(22)15-9-10-17(23-3)19(12-15)24-4/h5-13H,1-4H3/t13-/m0/s1. The highest BCUT2D eigenvalue weighted by Crippen LogP contribution is 2.30. The van der Waals surface area contributed by atoms with Gasteiger partial charge in [0.2, 0.25) is 0 Å². The number of carbonyl (C=O) groups excluding carboxylic acids is 1. The van der Waals surface area contributed by atoms with Gasteiger partial charge in [-0.25, -0.2) is 0 Å². The Labute approximate surface area is 146 Å². The lowest BCUT2D eigenvalue weighted by Crippen LogP contribution is -2.29. The highest BCUT2D eigenvalue weighted by atomic mass is 16.5. The van der Waals surface area contributed by atoms with Crippen LogP contribution in [0, 0.1) is 0 Å². The summed E-state index contributed by atoms with van der Waals surface area (Å²) in [6.07, 6.45) is 0. The van der Waals surface area contributed by atoms with Crippen LogP contribution in [0.15, 0.2) is 52.9 Å². The van der Waals surface area contributed by atoms with Gasteiger partial charge in [-0.15, -0.1) is 0 Å². The molecule has 2 aromatic carbocycles. The Balaban J connectivity index is 1.86. The highest BCUT2D eigenvalue weighted by molar-refractivity contribution is 5.95. The quantitative estimate of drug-likeness (QED) is 0.696. The Kier molecular flexibility index (Phi) is 4.65. The van der Waals surface area contributed by atoms with Crippen molar-refractivity contribution in [1.29, 1.82) is 0 Å². The first-order valence-corrected chi connectivity index (χ1v) is 8.02. The van der Waals surface area contributed by atoms with Crippen molar-refractivity contribution in [3.8, 4) is 11.5 Å². The van der Waals surface area contributed by atoms with E-state index in [-0.39, 0.29) is 11.9 Å². The molecule has 1 amide bonds. The second kappa shape index (κ2) is 6.89. The van der Waals surface area contributed by atoms with Crippen LogP contribution in [0.3, 0.4) is 0 Å². The minimum absolute atomic E-state index is 0.117. The van der Waals surface area contributed by atoms with E-state index in [1.807, 2.05) is 37.3 Å². The third-order valence-corrected chi connectivity index (χ3v) is 4.39. The molecule has 3 aromatic rings. The number of benzene rings is 2. The van der Waals surface area contributed by atoms with Crippen molar-refractivity contribution in [2.45, 2.75) is 13.0 Å². The largest absolute Gasteiger partial charge is 0.493 e. The number of para-hydroxylation sites is 1. The number of carbonyl (C=O) groups is 1. The molecule has 0 fully saturated rings. The van der Waals surface area contributed by atoms with Gasteiger partial charge in [0.15, 0.2) is 11.5 Å². The van der Waals surface area contributed by atoms with Crippen molar-refractivity contribution in [2.75, 3.05) is 21.3 Å². The molecule has 1 aromatic heterocycles. The third kappa shape index (κ3) is 3.18. The molecule has 0 aliphatic carbocycles. The average molecular weight is 339 g/mol. The predicted molar refractivity (Wildman–Crippen MR) is 96.3 cm³/mol. The minimum Gasteiger partial charge on any atom is -0.493 e. The van der Waals surface area contributed by atoms with Crippen molar-refractivity contribution in [2.24, 2.45) is 0 Å². The number of hydrogen-bond donors (Lipinski definition) is 0. The van der Waals surface area contributed by atoms with Gasteiger partial charge in [-0.3, -0.25) is 4.79 Å². The van der Waals surface area contributed by atoms with Gasteiger partial charge in [-0.2, -0.15) is 0 Å². The molecule has 1 atom stereocenters. The lowest BCUT2D eigenvalue weighted by atomic mass is 10.1. The zero-order chi connectivity index (χ0) is 18.0. The third-order valence-electron chi connectivity index (χ3n) is 4.39. The van der Waals surface area contributed by atoms with Gasteiger partial charge in [-0.1, -0.05) is 18.2 Å². The number of hydrogen-bond acceptors (Lipinski definition) is 4. The highest BCUT2D eigenvalue weighted by Gasteiger charge is 2.22. The number of furan rings is 1. The summed E-state index contributed by atoms with van der Waals surface area (Å²) in [5.41, 5.74) is 1.35. The molecule has 0 aliphatic rings. The Hall–Kier alpha value is -2.95. The predicted octanol–water partition coefficient (Wildman–Crippen LogP) is 4.28. The number of methoxy groups -OCH3 is 2. The van der Waals surface area contributed by atoms with Crippen LogP contribution in [-0.4, -0.2) is 32.1 Å². The van der Waals surface area contributed by atoms with Crippen LogP contribution in [0.5, 0.6) is 11.5 Å². The summed E-state index contributed by atoms with van der Waals surface area (Å²) in [4.78, 5) is 14.5. The maximum Gasteiger partial charge on any atom is 0.254 e. The van der Waals surface area contributed by atoms with E-state index >= 15 is 0 Å². The van der Waals surface area contributed by atoms with E-state index in [1.165, 1.54) is 0 Å². The van der Waals surface area contributed by atoms with Gasteiger partial charge < -0.3 is 18.8 Å². The van der Waals surface area contributed by atoms with Crippen molar-refractivity contribution in [3.63, 3.8) is 0 Å². The molecular formula is C20H21NO4. The zero-order valence-electron chi connectivity index (χ0n) is 14.8. The lowest BCUT2D eigenvalue weighted by molar-refractivity contribution is 0.0727. The van der Waals surface area contributed by atoms with E-state index in [4.69, 9.17) is 13.9 Å². The fourth-order valence-electron chi connectivity index (χ4n) is 2.75. The monoisotopic (exact) mass is 339 g/mol. The topological polar surface area (TPSA) is 51.9 Å². The molecule has 0 unspecified atom stereocenters. The summed E-state index contributed by atoms with van der Waals surface area (Å²) in [6, 6.07) is 14.7. The molecule has 25 heavy (non-hydrogen) atoms. The first-order valence-electron chi connectivity index (χ1n) is 8.02. The van der Waals surface area contributed by atoms with Crippen LogP contribution >= 0.6 is 0 Å². The average Bonchev–Trinajstić information content (AvgIpc) is 3.09. The second-order valence-electron chi connectivity index (χ2n) is 5.85. The van der Waals surface area contributed by atoms with Crippen LogP contribution in [-0.2, 0) is 0 Å². The number of ether oxygens (including phenoxy) is 2. The van der Waals surface area contributed by atoms with E-state index in [9.17, 15) is 4.79 Å². The van der Waals surface area contributed by atoms with Crippen LogP contribution in [0.25, 0.3) is 11.0 Å². The molecule has 1 heterocycles. The molecule has 0 saturated heterocycles. The van der Waals surface area contributed by atoms with Gasteiger partial charge in [0.25, 0.3) is 5.91 Å². The van der Waals surface area contributed by atoms with Crippen LogP contribution in [0.1, 0.15) is 29.1 Å². The molecule has 3 rings (SSSR count). The Morgan fingerprint density at radius 2 is 1.76 bits per heavy atom. The first-order chi connectivity index (χ1) is 12.0. The fraction of sp³-hybridized carbons (Fsp3) is 0.250. The summed E-state index contributed by atoms with van der Waals surface area (Å²) >= 11 is 0. The number of rotatable bonds is 5. The van der Waals surface area contributed by atoms with Gasteiger partial charge in [0.05, 0.1) is 20.3 Å². The molecule has 5 heteroatoms. The molecule has 0 spiro atoms. The Bertz CT molecular complexity index is 867. The molecule has 0 bridgehead atoms. The molecule has 0 N–H and O–H groups in total. The molecular weight excluding hydrogens is 318 g/mol. The summed E-state index contributed by atoms with van der Waals surface area (Å²) in [5, 5.41) is 1.02. The molecule has 130 valence electrons. The van der Waals surface area contributed by atoms with Crippen LogP contribution in [0.4, 0.5) is 0 Å². The Morgan fingerprint density at radius 3 is 2.44 bits per heavy atom. The van der Waals surface area contributed by atoms with Gasteiger partial charge in [0.1, 0.15) is 11.3 Å². The second-order valence-corrected chi connectivity index (χ2v) is 5.85. The van der Waals surface area contributed by atoms with Crippen molar-refractivity contribution < 1.29 is 18.7 Å². The van der Waals surface area contributed by atoms with E-state index in [0.717, 1.165) is 16.7 Å². The van der Waals surface area contributed by atoms with E-state index in [0.29, 0.717) is 17.1 Å². The molecule has 0 aliphatic heterocycles. The van der Waals surface area contributed by atoms with E-state index in [2.05, 4.69) is 0 Å². The molecule has 0 saturated carbocycles. The molecule has 0 radical (unpaired) electrons. The SMILES string of the molecule is COc1ccc(C(=O)N(C)[C@@H](C)c2cc3ccccc3o2)cc1OC. The van der Waals surface area contributed by atoms with Gasteiger partial charge in [0, 0.05) is 18.0 Å². The number of nitrogens with zero attached hydrogens (tertiary/aromatic N) is 1. The maximum absolute atomic E-state index is 12.8. The Morgan fingerprint density at radius 1 is 1.04 bits per heavy atom. The summed E-state index contributed by atoms with van der Waals surface area (Å²) in [6.45, 7) is 1.94. The lowest BCUT2D eigenvalue weighted by Gasteiger charge is -2.23. The van der Waals surface area contributed by atoms with Gasteiger partial charge >= 0.3 is 0 Å². The molecule has 5 nitrogen and oxygen atoms in total. The van der Waals surface area contributed by atoms with Gasteiger partial charge in [-0.05, 0) is 37.3 Å².